The van der Waals surface area contributed by atoms with E-state index < -0.39 is 28.6 Å². The maximum atomic E-state index is 12.4. The van der Waals surface area contributed by atoms with Gasteiger partial charge in [0.25, 0.3) is 16.8 Å². The number of hydrogen-bond donors (Lipinski definition) is 0. The first-order valence-corrected chi connectivity index (χ1v) is 9.38. The Morgan fingerprint density at radius 3 is 2.76 bits per heavy atom. The molecule has 29 heavy (non-hydrogen) atoms. The van der Waals surface area contributed by atoms with Gasteiger partial charge in [-0.05, 0) is 49.4 Å². The van der Waals surface area contributed by atoms with Crippen LogP contribution >= 0.6 is 11.8 Å². The average molecular weight is 416 g/mol. The summed E-state index contributed by atoms with van der Waals surface area (Å²) in [5.41, 5.74) is 0.943. The first kappa shape index (κ1) is 20.3. The topological polar surface area (TPSA) is 120 Å². The van der Waals surface area contributed by atoms with Crippen molar-refractivity contribution in [2.45, 2.75) is 13.8 Å². The highest BCUT2D eigenvalue weighted by Gasteiger charge is 2.37. The Bertz CT molecular complexity index is 1040. The van der Waals surface area contributed by atoms with Gasteiger partial charge in [0, 0.05) is 12.1 Å². The van der Waals surface area contributed by atoms with Crippen LogP contribution in [0.1, 0.15) is 18.2 Å². The molecule has 1 aliphatic heterocycles. The first-order valence-electron chi connectivity index (χ1n) is 8.56. The summed E-state index contributed by atoms with van der Waals surface area (Å²) in [6, 6.07) is 7.84. The van der Waals surface area contributed by atoms with Gasteiger partial charge >= 0.3 is 5.97 Å². The third-order valence-corrected chi connectivity index (χ3v) is 4.89. The molecule has 1 aromatic heterocycles. The lowest BCUT2D eigenvalue weighted by Gasteiger charge is -2.10. The smallest absolute Gasteiger partial charge is 0.326 e. The quantitative estimate of drug-likeness (QED) is 0.302. The second-order valence-electron chi connectivity index (χ2n) is 6.05. The molecule has 9 nitrogen and oxygen atoms in total. The van der Waals surface area contributed by atoms with E-state index in [1.54, 1.807) is 32.0 Å². The normalized spacial score (nSPS) is 15.2. The molecule has 2 amide bonds. The monoisotopic (exact) mass is 416 g/mol. The number of hydrogen-bond acceptors (Lipinski definition) is 8. The Hall–Kier alpha value is -3.40. The molecule has 10 heteroatoms. The number of rotatable bonds is 6. The van der Waals surface area contributed by atoms with Gasteiger partial charge in [-0.15, -0.1) is 0 Å². The molecular weight excluding hydrogens is 400 g/mol. The first-order chi connectivity index (χ1) is 13.8. The molecule has 0 atom stereocenters. The van der Waals surface area contributed by atoms with E-state index in [-0.39, 0.29) is 28.7 Å². The number of aryl methyl sites for hydroxylation is 1. The number of nitrogens with zero attached hydrogens (tertiary/aromatic N) is 2. The summed E-state index contributed by atoms with van der Waals surface area (Å²) in [7, 11) is 0. The van der Waals surface area contributed by atoms with Gasteiger partial charge in [-0.1, -0.05) is 6.07 Å². The maximum absolute atomic E-state index is 12.4. The molecule has 0 saturated carbocycles. The van der Waals surface area contributed by atoms with Gasteiger partial charge < -0.3 is 9.15 Å². The molecule has 150 valence electrons. The molecule has 3 rings (SSSR count). The Kier molecular flexibility index (Phi) is 5.83. The summed E-state index contributed by atoms with van der Waals surface area (Å²) in [4.78, 5) is 47.7. The summed E-state index contributed by atoms with van der Waals surface area (Å²) in [6.45, 7) is 3.05. The van der Waals surface area contributed by atoms with Crippen molar-refractivity contribution in [2.75, 3.05) is 13.2 Å². The minimum atomic E-state index is -0.678. The van der Waals surface area contributed by atoms with Crippen LogP contribution in [0.2, 0.25) is 0 Å². The standard InChI is InChI=1S/C19H16N2O7S/c1-3-27-17(22)10-20-18(23)16(29-19(20)24)9-12-5-7-15(28-12)13-6-4-11(2)8-14(13)21(25)26/h4-9H,3,10H2,1-2H3/b16-9-. The van der Waals surface area contributed by atoms with E-state index in [9.17, 15) is 24.5 Å². The number of carbonyl (C=O) groups excluding carboxylic acids is 3. The number of esters is 1. The van der Waals surface area contributed by atoms with Crippen LogP contribution in [0, 0.1) is 17.0 Å². The lowest BCUT2D eigenvalue weighted by atomic mass is 10.1. The summed E-state index contributed by atoms with van der Waals surface area (Å²) in [5, 5.41) is 10.7. The molecule has 1 aliphatic rings. The highest BCUT2D eigenvalue weighted by molar-refractivity contribution is 8.18. The van der Waals surface area contributed by atoms with E-state index in [2.05, 4.69) is 0 Å². The van der Waals surface area contributed by atoms with Gasteiger partial charge in [-0.25, -0.2) is 0 Å². The van der Waals surface area contributed by atoms with Crippen molar-refractivity contribution in [2.24, 2.45) is 0 Å². The fourth-order valence-electron chi connectivity index (χ4n) is 2.68. The molecule has 0 radical (unpaired) electrons. The Morgan fingerprint density at radius 2 is 2.07 bits per heavy atom. The van der Waals surface area contributed by atoms with Crippen LogP contribution in [0.15, 0.2) is 39.7 Å². The van der Waals surface area contributed by atoms with Gasteiger partial charge in [0.15, 0.2) is 0 Å². The van der Waals surface area contributed by atoms with Crippen LogP contribution in [0.3, 0.4) is 0 Å². The van der Waals surface area contributed by atoms with E-state index in [0.29, 0.717) is 17.3 Å². The third-order valence-electron chi connectivity index (χ3n) is 3.98. The Labute approximate surface area is 169 Å². The van der Waals surface area contributed by atoms with Crippen molar-refractivity contribution in [3.05, 3.63) is 56.7 Å². The highest BCUT2D eigenvalue weighted by Crippen LogP contribution is 2.35. The number of ether oxygens (including phenoxy) is 1. The van der Waals surface area contributed by atoms with Crippen LogP contribution in [0.5, 0.6) is 0 Å². The number of imide groups is 1. The second kappa shape index (κ2) is 8.31. The van der Waals surface area contributed by atoms with E-state index in [4.69, 9.17) is 9.15 Å². The lowest BCUT2D eigenvalue weighted by molar-refractivity contribution is -0.384. The second-order valence-corrected chi connectivity index (χ2v) is 7.05. The molecule has 0 spiro atoms. The number of nitro groups is 1. The molecule has 1 fully saturated rings. The maximum Gasteiger partial charge on any atom is 0.326 e. The molecule has 2 heterocycles. The minimum Gasteiger partial charge on any atom is -0.465 e. The summed E-state index contributed by atoms with van der Waals surface area (Å²) >= 11 is 0.674. The number of nitro benzene ring substituents is 1. The zero-order valence-electron chi connectivity index (χ0n) is 15.5. The number of carbonyl (C=O) groups is 3. The molecular formula is C19H16N2O7S. The summed E-state index contributed by atoms with van der Waals surface area (Å²) < 4.78 is 10.4. The third kappa shape index (κ3) is 4.37. The fourth-order valence-corrected chi connectivity index (χ4v) is 3.50. The van der Waals surface area contributed by atoms with Crippen molar-refractivity contribution in [1.82, 2.24) is 4.90 Å². The van der Waals surface area contributed by atoms with Gasteiger partial charge in [0.2, 0.25) is 0 Å². The van der Waals surface area contributed by atoms with Gasteiger partial charge in [-0.3, -0.25) is 29.4 Å². The largest absolute Gasteiger partial charge is 0.465 e. The fraction of sp³-hybridized carbons (Fsp3) is 0.211. The predicted octanol–water partition coefficient (Wildman–Crippen LogP) is 3.76. The van der Waals surface area contributed by atoms with Gasteiger partial charge in [0.05, 0.1) is 22.0 Å². The number of furan rings is 1. The van der Waals surface area contributed by atoms with Crippen molar-refractivity contribution < 1.29 is 28.5 Å². The molecule has 2 aromatic rings. The number of amides is 2. The van der Waals surface area contributed by atoms with E-state index in [1.165, 1.54) is 18.2 Å². The minimum absolute atomic E-state index is 0.0820. The van der Waals surface area contributed by atoms with Crippen molar-refractivity contribution in [3.8, 4) is 11.3 Å². The summed E-state index contributed by atoms with van der Waals surface area (Å²) in [6.07, 6.45) is 1.36. The van der Waals surface area contributed by atoms with Crippen molar-refractivity contribution in [3.63, 3.8) is 0 Å². The zero-order chi connectivity index (χ0) is 21.1. The number of benzene rings is 1. The molecule has 0 aliphatic carbocycles. The SMILES string of the molecule is CCOC(=O)CN1C(=O)S/C(=C\c2ccc(-c3ccc(C)cc3[N+](=O)[O-])o2)C1=O. The highest BCUT2D eigenvalue weighted by atomic mass is 32.2. The van der Waals surface area contributed by atoms with Crippen LogP contribution in [0.4, 0.5) is 10.5 Å². The van der Waals surface area contributed by atoms with Crippen LogP contribution < -0.4 is 0 Å². The van der Waals surface area contributed by atoms with Crippen molar-refractivity contribution >= 4 is 40.6 Å². The van der Waals surface area contributed by atoms with E-state index in [1.807, 2.05) is 0 Å². The molecule has 0 bridgehead atoms. The van der Waals surface area contributed by atoms with Gasteiger partial charge in [-0.2, -0.15) is 0 Å². The Balaban J connectivity index is 1.84. The molecule has 0 N–H and O–H groups in total. The Morgan fingerprint density at radius 1 is 1.31 bits per heavy atom. The average Bonchev–Trinajstić information content (AvgIpc) is 3.22. The van der Waals surface area contributed by atoms with Crippen LogP contribution in [-0.2, 0) is 14.3 Å². The van der Waals surface area contributed by atoms with Crippen LogP contribution in [0.25, 0.3) is 17.4 Å². The van der Waals surface area contributed by atoms with Crippen LogP contribution in [-0.4, -0.2) is 40.1 Å². The summed E-state index contributed by atoms with van der Waals surface area (Å²) in [5.74, 6) is -0.805. The molecule has 0 unspecified atom stereocenters. The predicted molar refractivity (Wildman–Crippen MR) is 105 cm³/mol. The van der Waals surface area contributed by atoms with Gasteiger partial charge in [0.1, 0.15) is 18.1 Å². The number of thioether (sulfide) groups is 1. The zero-order valence-corrected chi connectivity index (χ0v) is 16.4. The molecule has 1 saturated heterocycles. The van der Waals surface area contributed by atoms with E-state index >= 15 is 0 Å². The lowest BCUT2D eigenvalue weighted by Crippen LogP contribution is -2.34. The molecule has 1 aromatic carbocycles. The van der Waals surface area contributed by atoms with Crippen molar-refractivity contribution in [1.29, 1.82) is 0 Å². The van der Waals surface area contributed by atoms with E-state index in [0.717, 1.165) is 10.5 Å².